The Labute approximate surface area is 182 Å². The molecule has 0 aliphatic rings. The maximum Gasteiger partial charge on any atom is 0.119 e. The highest BCUT2D eigenvalue weighted by Crippen LogP contribution is 2.28. The first-order valence-corrected chi connectivity index (χ1v) is 9.90. The van der Waals surface area contributed by atoms with Gasteiger partial charge in [0.2, 0.25) is 0 Å². The van der Waals surface area contributed by atoms with Crippen LogP contribution < -0.4 is 9.47 Å². The Morgan fingerprint density at radius 1 is 0.774 bits per heavy atom. The predicted molar refractivity (Wildman–Crippen MR) is 123 cm³/mol. The van der Waals surface area contributed by atoms with Crippen LogP contribution in [0, 0.1) is 22.7 Å². The summed E-state index contributed by atoms with van der Waals surface area (Å²) in [6.45, 7) is 6.67. The van der Waals surface area contributed by atoms with Crippen LogP contribution >= 0.6 is 0 Å². The molecule has 0 amide bonds. The summed E-state index contributed by atoms with van der Waals surface area (Å²) >= 11 is 0. The number of allylic oxidation sites excluding steroid dienone is 2. The van der Waals surface area contributed by atoms with Gasteiger partial charge >= 0.3 is 0 Å². The third-order valence-electron chi connectivity index (χ3n) is 4.69. The summed E-state index contributed by atoms with van der Waals surface area (Å²) in [5.74, 6) is 1.41. The largest absolute Gasteiger partial charge is 0.494 e. The first-order chi connectivity index (χ1) is 15.2. The van der Waals surface area contributed by atoms with Gasteiger partial charge in [0.1, 0.15) is 30.2 Å². The second-order valence-electron chi connectivity index (χ2n) is 6.69. The Balaban J connectivity index is 1.78. The first-order valence-electron chi connectivity index (χ1n) is 9.90. The summed E-state index contributed by atoms with van der Waals surface area (Å²) in [7, 11) is 0. The van der Waals surface area contributed by atoms with Crippen LogP contribution in [-0.4, -0.2) is 6.61 Å². The molecule has 3 rings (SSSR count). The molecular weight excluding hydrogens is 384 g/mol. The van der Waals surface area contributed by atoms with Crippen LogP contribution in [0.4, 0.5) is 0 Å². The molecule has 3 aromatic carbocycles. The normalized spacial score (nSPS) is 10.9. The predicted octanol–water partition coefficient (Wildman–Crippen LogP) is 6.27. The number of hydrogen-bond donors (Lipinski definition) is 0. The zero-order valence-electron chi connectivity index (χ0n) is 17.3. The summed E-state index contributed by atoms with van der Waals surface area (Å²) in [5.41, 5.74) is 4.08. The van der Waals surface area contributed by atoms with Gasteiger partial charge in [0.15, 0.2) is 0 Å². The van der Waals surface area contributed by atoms with Crippen LogP contribution in [0.25, 0.3) is 17.2 Å². The van der Waals surface area contributed by atoms with Crippen molar-refractivity contribution in [1.82, 2.24) is 0 Å². The topological polar surface area (TPSA) is 66.0 Å². The Hall–Kier alpha value is -4.28. The molecule has 0 heterocycles. The maximum atomic E-state index is 9.72. The molecule has 0 aliphatic carbocycles. The van der Waals surface area contributed by atoms with Crippen molar-refractivity contribution in [2.75, 3.05) is 6.61 Å². The van der Waals surface area contributed by atoms with Crippen LogP contribution in [0.1, 0.15) is 29.2 Å². The van der Waals surface area contributed by atoms with Gasteiger partial charge in [-0.25, -0.2) is 0 Å². The van der Waals surface area contributed by atoms with Crippen molar-refractivity contribution in [1.29, 1.82) is 10.5 Å². The van der Waals surface area contributed by atoms with E-state index >= 15 is 0 Å². The van der Waals surface area contributed by atoms with Crippen LogP contribution in [0.15, 0.2) is 79.4 Å². The smallest absolute Gasteiger partial charge is 0.119 e. The fourth-order valence-electron chi connectivity index (χ4n) is 3.05. The molecule has 31 heavy (non-hydrogen) atoms. The molecule has 4 nitrogen and oxygen atoms in total. The van der Waals surface area contributed by atoms with E-state index in [2.05, 4.69) is 18.7 Å². The van der Waals surface area contributed by atoms with Crippen LogP contribution in [0.5, 0.6) is 11.5 Å². The molecule has 0 atom stereocenters. The lowest BCUT2D eigenvalue weighted by Gasteiger charge is -2.09. The number of nitriles is 2. The third-order valence-corrected chi connectivity index (χ3v) is 4.69. The number of nitrogens with zero attached hydrogens (tertiary/aromatic N) is 2. The van der Waals surface area contributed by atoms with Crippen molar-refractivity contribution in [3.63, 3.8) is 0 Å². The Kier molecular flexibility index (Phi) is 7.25. The minimum Gasteiger partial charge on any atom is -0.494 e. The zero-order chi connectivity index (χ0) is 22.1. The fraction of sp³-hybridized carbons (Fsp3) is 0.111. The Morgan fingerprint density at radius 2 is 1.26 bits per heavy atom. The summed E-state index contributed by atoms with van der Waals surface area (Å²) in [4.78, 5) is 0. The van der Waals surface area contributed by atoms with Crippen molar-refractivity contribution in [2.45, 2.75) is 13.5 Å². The number of ether oxygens (including phenoxy) is 2. The fourth-order valence-corrected chi connectivity index (χ4v) is 3.05. The summed E-state index contributed by atoms with van der Waals surface area (Å²) < 4.78 is 11.3. The summed E-state index contributed by atoms with van der Waals surface area (Å²) in [6.07, 6.45) is 1.80. The number of hydrogen-bond acceptors (Lipinski definition) is 4. The minimum atomic E-state index is 0.318. The standard InChI is InChI=1S/C27H22N2O2/c1-3-20-5-7-21(8-6-20)19-31-25-15-11-23(12-16-25)27(18-29)26(17-28)22-9-13-24(14-10-22)30-4-2/h3,5-16H,1,4,19H2,2H3/b27-26+. The van der Waals surface area contributed by atoms with Crippen LogP contribution in [0.2, 0.25) is 0 Å². The van der Waals surface area contributed by atoms with Gasteiger partial charge in [0.05, 0.1) is 17.8 Å². The van der Waals surface area contributed by atoms with E-state index in [9.17, 15) is 10.5 Å². The quantitative estimate of drug-likeness (QED) is 0.327. The molecule has 0 saturated carbocycles. The Bertz CT molecular complexity index is 1140. The SMILES string of the molecule is C=Cc1ccc(COc2ccc(/C(C#N)=C(\C#N)c3ccc(OCC)cc3)cc2)cc1. The van der Waals surface area contributed by atoms with Gasteiger partial charge in [-0.1, -0.05) is 36.9 Å². The lowest BCUT2D eigenvalue weighted by molar-refractivity contribution is 0.306. The van der Waals surface area contributed by atoms with Crippen LogP contribution in [-0.2, 0) is 6.61 Å². The van der Waals surface area contributed by atoms with Gasteiger partial charge in [0, 0.05) is 0 Å². The van der Waals surface area contributed by atoms with Gasteiger partial charge in [0.25, 0.3) is 0 Å². The molecule has 0 spiro atoms. The van der Waals surface area contributed by atoms with Gasteiger partial charge in [-0.05, 0) is 77.7 Å². The van der Waals surface area contributed by atoms with Crippen molar-refractivity contribution in [2.24, 2.45) is 0 Å². The number of rotatable bonds is 8. The average molecular weight is 406 g/mol. The van der Waals surface area contributed by atoms with Crippen molar-refractivity contribution in [3.05, 3.63) is 102 Å². The van der Waals surface area contributed by atoms with Gasteiger partial charge in [-0.2, -0.15) is 10.5 Å². The lowest BCUT2D eigenvalue weighted by atomic mass is 9.96. The highest BCUT2D eigenvalue weighted by Gasteiger charge is 2.12. The highest BCUT2D eigenvalue weighted by atomic mass is 16.5. The molecule has 0 bridgehead atoms. The van der Waals surface area contributed by atoms with Crippen molar-refractivity contribution in [3.8, 4) is 23.6 Å². The monoisotopic (exact) mass is 406 g/mol. The van der Waals surface area contributed by atoms with Crippen LogP contribution in [0.3, 0.4) is 0 Å². The van der Waals surface area contributed by atoms with Gasteiger partial charge in [-0.15, -0.1) is 0 Å². The number of benzene rings is 3. The van der Waals surface area contributed by atoms with E-state index in [1.807, 2.05) is 31.2 Å². The molecule has 0 aromatic heterocycles. The molecule has 3 aromatic rings. The lowest BCUT2D eigenvalue weighted by Crippen LogP contribution is -1.96. The summed E-state index contributed by atoms with van der Waals surface area (Å²) in [6, 6.07) is 26.7. The molecule has 0 unspecified atom stereocenters. The van der Waals surface area contributed by atoms with Crippen molar-refractivity contribution < 1.29 is 9.47 Å². The van der Waals surface area contributed by atoms with E-state index in [1.165, 1.54) is 0 Å². The second kappa shape index (κ2) is 10.5. The molecule has 152 valence electrons. The minimum absolute atomic E-state index is 0.318. The van der Waals surface area contributed by atoms with E-state index in [1.54, 1.807) is 54.6 Å². The van der Waals surface area contributed by atoms with E-state index in [0.717, 1.165) is 16.9 Å². The molecule has 4 heteroatoms. The molecular formula is C27H22N2O2. The zero-order valence-corrected chi connectivity index (χ0v) is 17.3. The molecule has 0 N–H and O–H groups in total. The Morgan fingerprint density at radius 3 is 1.68 bits per heavy atom. The van der Waals surface area contributed by atoms with Crippen molar-refractivity contribution >= 4 is 17.2 Å². The van der Waals surface area contributed by atoms with E-state index in [-0.39, 0.29) is 0 Å². The second-order valence-corrected chi connectivity index (χ2v) is 6.69. The summed E-state index contributed by atoms with van der Waals surface area (Å²) in [5, 5.41) is 19.4. The molecule has 0 saturated heterocycles. The first kappa shape index (κ1) is 21.4. The maximum absolute atomic E-state index is 9.72. The van der Waals surface area contributed by atoms with Gasteiger partial charge in [-0.3, -0.25) is 0 Å². The molecule has 0 aliphatic heterocycles. The highest BCUT2D eigenvalue weighted by molar-refractivity contribution is 6.02. The third kappa shape index (κ3) is 5.41. The van der Waals surface area contributed by atoms with E-state index in [4.69, 9.17) is 9.47 Å². The van der Waals surface area contributed by atoms with E-state index < -0.39 is 0 Å². The van der Waals surface area contributed by atoms with E-state index in [0.29, 0.717) is 41.2 Å². The molecule has 0 radical (unpaired) electrons. The average Bonchev–Trinajstić information content (AvgIpc) is 2.83. The van der Waals surface area contributed by atoms with Gasteiger partial charge < -0.3 is 9.47 Å². The molecule has 0 fully saturated rings.